The second kappa shape index (κ2) is 9.33. The maximum Gasteiger partial charge on any atom is 0.338 e. The molecule has 0 saturated carbocycles. The highest BCUT2D eigenvalue weighted by Crippen LogP contribution is 2.22. The Morgan fingerprint density at radius 1 is 1.22 bits per heavy atom. The number of aryl methyl sites for hydroxylation is 1. The first kappa shape index (κ1) is 19.9. The summed E-state index contributed by atoms with van der Waals surface area (Å²) in [5.74, 6) is -1.26. The van der Waals surface area contributed by atoms with Crippen molar-refractivity contribution in [2.45, 2.75) is 25.8 Å². The number of benzene rings is 2. The number of anilines is 1. The summed E-state index contributed by atoms with van der Waals surface area (Å²) >= 11 is 0. The van der Waals surface area contributed by atoms with Crippen LogP contribution in [0.25, 0.3) is 0 Å². The zero-order valence-electron chi connectivity index (χ0n) is 14.9. The number of nitro groups is 1. The quantitative estimate of drug-likeness (QED) is 0.318. The Labute approximate surface area is 156 Å². The number of esters is 1. The number of carbonyl (C=O) groups is 2. The third kappa shape index (κ3) is 6.10. The van der Waals surface area contributed by atoms with E-state index in [2.05, 4.69) is 5.32 Å². The van der Waals surface area contributed by atoms with Gasteiger partial charge in [-0.25, -0.2) is 4.79 Å². The van der Waals surface area contributed by atoms with Crippen molar-refractivity contribution >= 4 is 23.3 Å². The van der Waals surface area contributed by atoms with Crippen LogP contribution in [0.5, 0.6) is 0 Å². The molecule has 3 N–H and O–H groups in total. The number of amides is 1. The number of nitrogens with one attached hydrogen (secondary N) is 1. The Morgan fingerprint density at radius 3 is 2.59 bits per heavy atom. The van der Waals surface area contributed by atoms with Gasteiger partial charge in [0.25, 0.3) is 11.6 Å². The summed E-state index contributed by atoms with van der Waals surface area (Å²) in [5.41, 5.74) is 6.18. The van der Waals surface area contributed by atoms with E-state index in [0.29, 0.717) is 0 Å². The van der Waals surface area contributed by atoms with E-state index in [0.717, 1.165) is 18.9 Å². The summed E-state index contributed by atoms with van der Waals surface area (Å²) in [6.07, 6.45) is 1.56. The fraction of sp³-hybridized carbons (Fsp3) is 0.263. The first-order valence-electron chi connectivity index (χ1n) is 8.41. The number of hydrogen-bond acceptors (Lipinski definition) is 6. The molecule has 0 spiro atoms. The molecule has 8 heteroatoms. The van der Waals surface area contributed by atoms with Crippen LogP contribution in [0.3, 0.4) is 0 Å². The Balaban J connectivity index is 1.80. The Bertz CT molecular complexity index is 823. The van der Waals surface area contributed by atoms with Gasteiger partial charge in [-0.2, -0.15) is 0 Å². The van der Waals surface area contributed by atoms with Crippen LogP contribution in [0.2, 0.25) is 0 Å². The van der Waals surface area contributed by atoms with Crippen molar-refractivity contribution in [1.82, 2.24) is 5.32 Å². The number of nitrogens with zero attached hydrogens (tertiary/aromatic N) is 1. The highest BCUT2D eigenvalue weighted by atomic mass is 16.6. The van der Waals surface area contributed by atoms with Gasteiger partial charge in [0.15, 0.2) is 6.61 Å². The third-order valence-electron chi connectivity index (χ3n) is 3.91. The molecular weight excluding hydrogens is 350 g/mol. The van der Waals surface area contributed by atoms with Crippen LogP contribution in [0, 0.1) is 10.1 Å². The Morgan fingerprint density at radius 2 is 1.93 bits per heavy atom. The average molecular weight is 371 g/mol. The van der Waals surface area contributed by atoms with E-state index in [1.54, 1.807) is 0 Å². The maximum absolute atomic E-state index is 12.0. The van der Waals surface area contributed by atoms with Crippen LogP contribution in [-0.2, 0) is 16.0 Å². The van der Waals surface area contributed by atoms with Gasteiger partial charge in [-0.05, 0) is 37.5 Å². The smallest absolute Gasteiger partial charge is 0.338 e. The first-order valence-corrected chi connectivity index (χ1v) is 8.41. The Kier molecular flexibility index (Phi) is 6.87. The second-order valence-corrected chi connectivity index (χ2v) is 6.10. The van der Waals surface area contributed by atoms with Crippen LogP contribution in [0.1, 0.15) is 29.3 Å². The molecule has 2 rings (SSSR count). The van der Waals surface area contributed by atoms with Crippen LogP contribution in [0.15, 0.2) is 48.5 Å². The number of nitro benzene ring substituents is 1. The molecule has 0 aliphatic carbocycles. The van der Waals surface area contributed by atoms with Crippen LogP contribution < -0.4 is 11.1 Å². The largest absolute Gasteiger partial charge is 0.452 e. The van der Waals surface area contributed by atoms with Crippen molar-refractivity contribution in [3.63, 3.8) is 0 Å². The van der Waals surface area contributed by atoms with Gasteiger partial charge in [-0.1, -0.05) is 30.3 Å². The molecule has 2 aromatic carbocycles. The standard InChI is InChI=1S/C19H21N3O5/c1-13(7-8-14-5-3-2-4-6-14)21-18(23)12-27-19(24)15-9-10-16(20)17(11-15)22(25)26/h2-6,9-11,13H,7-8,12,20H2,1H3,(H,21,23). The number of rotatable bonds is 8. The number of nitrogens with two attached hydrogens (primary N) is 1. The van der Waals surface area contributed by atoms with Crippen molar-refractivity contribution in [3.05, 3.63) is 69.8 Å². The van der Waals surface area contributed by atoms with Gasteiger partial charge in [0.1, 0.15) is 5.69 Å². The molecule has 0 heterocycles. The van der Waals surface area contributed by atoms with Crippen molar-refractivity contribution in [3.8, 4) is 0 Å². The number of ether oxygens (including phenoxy) is 1. The molecule has 0 bridgehead atoms. The van der Waals surface area contributed by atoms with E-state index in [1.165, 1.54) is 17.7 Å². The van der Waals surface area contributed by atoms with Crippen LogP contribution >= 0.6 is 0 Å². The molecule has 0 saturated heterocycles. The summed E-state index contributed by atoms with van der Waals surface area (Å²) in [6, 6.07) is 13.4. The number of nitrogen functional groups attached to an aromatic ring is 1. The lowest BCUT2D eigenvalue weighted by atomic mass is 10.1. The van der Waals surface area contributed by atoms with Crippen molar-refractivity contribution in [2.75, 3.05) is 12.3 Å². The van der Waals surface area contributed by atoms with Crippen LogP contribution in [-0.4, -0.2) is 29.4 Å². The summed E-state index contributed by atoms with van der Waals surface area (Å²) in [5, 5.41) is 13.6. The molecule has 0 radical (unpaired) electrons. The lowest BCUT2D eigenvalue weighted by Gasteiger charge is -2.14. The fourth-order valence-corrected chi connectivity index (χ4v) is 2.46. The van der Waals surface area contributed by atoms with Crippen molar-refractivity contribution in [1.29, 1.82) is 0 Å². The molecule has 8 nitrogen and oxygen atoms in total. The zero-order valence-corrected chi connectivity index (χ0v) is 14.9. The van der Waals surface area contributed by atoms with E-state index in [-0.39, 0.29) is 23.0 Å². The van der Waals surface area contributed by atoms with Gasteiger partial charge in [-0.15, -0.1) is 0 Å². The SMILES string of the molecule is CC(CCc1ccccc1)NC(=O)COC(=O)c1ccc(N)c([N+](=O)[O-])c1. The van der Waals surface area contributed by atoms with E-state index < -0.39 is 23.4 Å². The van der Waals surface area contributed by atoms with Crippen molar-refractivity contribution < 1.29 is 19.2 Å². The molecule has 27 heavy (non-hydrogen) atoms. The van der Waals surface area contributed by atoms with E-state index >= 15 is 0 Å². The normalized spacial score (nSPS) is 11.4. The second-order valence-electron chi connectivity index (χ2n) is 6.10. The average Bonchev–Trinajstić information content (AvgIpc) is 2.65. The van der Waals surface area contributed by atoms with E-state index in [1.807, 2.05) is 37.3 Å². The first-order chi connectivity index (χ1) is 12.9. The lowest BCUT2D eigenvalue weighted by molar-refractivity contribution is -0.383. The van der Waals surface area contributed by atoms with Gasteiger partial charge in [0.05, 0.1) is 10.5 Å². The summed E-state index contributed by atoms with van der Waals surface area (Å²) in [6.45, 7) is 1.40. The molecule has 0 aromatic heterocycles. The molecule has 0 aliphatic heterocycles. The molecule has 142 valence electrons. The van der Waals surface area contributed by atoms with Gasteiger partial charge in [0.2, 0.25) is 0 Å². The summed E-state index contributed by atoms with van der Waals surface area (Å²) < 4.78 is 4.91. The van der Waals surface area contributed by atoms with E-state index in [9.17, 15) is 19.7 Å². The molecule has 0 fully saturated rings. The molecule has 1 unspecified atom stereocenters. The maximum atomic E-state index is 12.0. The minimum Gasteiger partial charge on any atom is -0.452 e. The van der Waals surface area contributed by atoms with Gasteiger partial charge >= 0.3 is 5.97 Å². The Hall–Kier alpha value is -3.42. The number of carbonyl (C=O) groups excluding carboxylic acids is 2. The lowest BCUT2D eigenvalue weighted by Crippen LogP contribution is -2.36. The van der Waals surface area contributed by atoms with Gasteiger partial charge in [0, 0.05) is 12.1 Å². The topological polar surface area (TPSA) is 125 Å². The predicted octanol–water partition coefficient (Wildman–Crippen LogP) is 2.47. The zero-order chi connectivity index (χ0) is 19.8. The minimum absolute atomic E-state index is 0.0409. The molecule has 0 aliphatic rings. The molecule has 1 atom stereocenters. The van der Waals surface area contributed by atoms with Crippen LogP contribution in [0.4, 0.5) is 11.4 Å². The fourth-order valence-electron chi connectivity index (χ4n) is 2.46. The highest BCUT2D eigenvalue weighted by molar-refractivity contribution is 5.92. The van der Waals surface area contributed by atoms with Crippen molar-refractivity contribution in [2.24, 2.45) is 0 Å². The predicted molar refractivity (Wildman–Crippen MR) is 100 cm³/mol. The highest BCUT2D eigenvalue weighted by Gasteiger charge is 2.17. The summed E-state index contributed by atoms with van der Waals surface area (Å²) in [7, 11) is 0. The number of hydrogen-bond donors (Lipinski definition) is 2. The molecule has 2 aromatic rings. The molecule has 1 amide bonds. The summed E-state index contributed by atoms with van der Waals surface area (Å²) in [4.78, 5) is 34.0. The molecular formula is C19H21N3O5. The minimum atomic E-state index is -0.829. The third-order valence-corrected chi connectivity index (χ3v) is 3.91. The van der Waals surface area contributed by atoms with Gasteiger partial charge in [-0.3, -0.25) is 14.9 Å². The van der Waals surface area contributed by atoms with E-state index in [4.69, 9.17) is 10.5 Å². The van der Waals surface area contributed by atoms with Gasteiger partial charge < -0.3 is 15.8 Å². The monoisotopic (exact) mass is 371 g/mol.